The van der Waals surface area contributed by atoms with Gasteiger partial charge in [0.25, 0.3) is 0 Å². The third kappa shape index (κ3) is 5.94. The molecule has 2 N–H and O–H groups in total. The van der Waals surface area contributed by atoms with Gasteiger partial charge in [-0.1, -0.05) is 6.92 Å². The molecule has 1 aromatic carbocycles. The third-order valence-electron chi connectivity index (χ3n) is 4.23. The molecule has 1 heterocycles. The molecule has 0 aliphatic carbocycles. The number of nitrogens with zero attached hydrogens (tertiary/aromatic N) is 2. The fourth-order valence-corrected chi connectivity index (χ4v) is 4.18. The highest BCUT2D eigenvalue weighted by Gasteiger charge is 2.31. The first kappa shape index (κ1) is 22.2. The Kier molecular flexibility index (Phi) is 7.84. The summed E-state index contributed by atoms with van der Waals surface area (Å²) < 4.78 is 53.0. The Bertz CT molecular complexity index is 811. The van der Waals surface area contributed by atoms with Crippen LogP contribution in [0.5, 0.6) is 0 Å². The van der Waals surface area contributed by atoms with Crippen molar-refractivity contribution in [2.75, 3.05) is 45.8 Å². The van der Waals surface area contributed by atoms with E-state index < -0.39 is 26.6 Å². The highest BCUT2D eigenvalue weighted by atomic mass is 32.2. The van der Waals surface area contributed by atoms with E-state index in [9.17, 15) is 26.8 Å². The second kappa shape index (κ2) is 9.89. The van der Waals surface area contributed by atoms with Crippen molar-refractivity contribution in [3.63, 3.8) is 0 Å². The van der Waals surface area contributed by atoms with Crippen LogP contribution >= 0.6 is 0 Å². The molecule has 0 bridgehead atoms. The van der Waals surface area contributed by atoms with E-state index in [2.05, 4.69) is 10.6 Å². The number of nitrogens with one attached hydrogen (secondary N) is 2. The van der Waals surface area contributed by atoms with Gasteiger partial charge in [-0.2, -0.15) is 4.31 Å². The lowest BCUT2D eigenvalue weighted by Gasteiger charge is -2.33. The van der Waals surface area contributed by atoms with Crippen LogP contribution in [0.1, 0.15) is 13.3 Å². The fraction of sp³-hybridized carbons (Fsp3) is 0.529. The molecular weight excluding hydrogens is 394 g/mol. The summed E-state index contributed by atoms with van der Waals surface area (Å²) in [7, 11) is -4.08. The molecule has 0 saturated carbocycles. The normalized spacial score (nSPS) is 16.0. The topological polar surface area (TPSA) is 98.8 Å². The Labute approximate surface area is 162 Å². The highest BCUT2D eigenvalue weighted by molar-refractivity contribution is 7.89. The summed E-state index contributed by atoms with van der Waals surface area (Å²) in [5, 5.41) is 5.15. The van der Waals surface area contributed by atoms with Crippen LogP contribution in [0.25, 0.3) is 0 Å². The number of sulfonamides is 1. The van der Waals surface area contributed by atoms with Crippen molar-refractivity contribution in [2.24, 2.45) is 0 Å². The fourth-order valence-electron chi connectivity index (χ4n) is 2.72. The number of carbonyl (C=O) groups excluding carboxylic acids is 2. The van der Waals surface area contributed by atoms with Gasteiger partial charge in [-0.3, -0.25) is 14.5 Å². The lowest BCUT2D eigenvalue weighted by atomic mass is 10.3. The summed E-state index contributed by atoms with van der Waals surface area (Å²) in [5.74, 6) is -2.60. The molecule has 156 valence electrons. The van der Waals surface area contributed by atoms with Gasteiger partial charge in [-0.15, -0.1) is 0 Å². The summed E-state index contributed by atoms with van der Waals surface area (Å²) in [6, 6.07) is 2.33. The summed E-state index contributed by atoms with van der Waals surface area (Å²) >= 11 is 0. The van der Waals surface area contributed by atoms with Crippen LogP contribution in [0.4, 0.5) is 8.78 Å². The van der Waals surface area contributed by atoms with Crippen LogP contribution in [0, 0.1) is 11.6 Å². The lowest BCUT2D eigenvalue weighted by molar-refractivity contribution is -0.126. The summed E-state index contributed by atoms with van der Waals surface area (Å²) in [6.45, 7) is 3.07. The molecule has 8 nitrogen and oxygen atoms in total. The molecule has 0 unspecified atom stereocenters. The Morgan fingerprint density at radius 1 is 1.07 bits per heavy atom. The monoisotopic (exact) mass is 418 g/mol. The zero-order chi connectivity index (χ0) is 20.7. The quantitative estimate of drug-likeness (QED) is 0.615. The van der Waals surface area contributed by atoms with Crippen LogP contribution in [0.2, 0.25) is 0 Å². The Morgan fingerprint density at radius 3 is 2.36 bits per heavy atom. The third-order valence-corrected chi connectivity index (χ3v) is 6.16. The minimum Gasteiger partial charge on any atom is -0.355 e. The van der Waals surface area contributed by atoms with Gasteiger partial charge in [0.2, 0.25) is 21.8 Å². The SMILES string of the molecule is CCCNC(=O)CNC(=O)CN1CCN(S(=O)(=O)c2ccc(F)cc2F)CC1. The zero-order valence-corrected chi connectivity index (χ0v) is 16.4. The van der Waals surface area contributed by atoms with Crippen molar-refractivity contribution in [2.45, 2.75) is 18.2 Å². The average Bonchev–Trinajstić information content (AvgIpc) is 2.64. The predicted molar refractivity (Wildman–Crippen MR) is 97.9 cm³/mol. The molecule has 11 heteroatoms. The lowest BCUT2D eigenvalue weighted by Crippen LogP contribution is -2.51. The van der Waals surface area contributed by atoms with Gasteiger partial charge in [-0.05, 0) is 18.6 Å². The maximum atomic E-state index is 13.8. The van der Waals surface area contributed by atoms with E-state index in [0.717, 1.165) is 22.9 Å². The maximum absolute atomic E-state index is 13.8. The number of hydrogen-bond donors (Lipinski definition) is 2. The molecule has 2 rings (SSSR count). The van der Waals surface area contributed by atoms with Gasteiger partial charge in [0.15, 0.2) is 0 Å². The molecule has 0 radical (unpaired) electrons. The standard InChI is InChI=1S/C17H24F2N4O4S/c1-2-5-20-16(24)11-21-17(25)12-22-6-8-23(9-7-22)28(26,27)15-4-3-13(18)10-14(15)19/h3-4,10H,2,5-9,11-12H2,1H3,(H,20,24)(H,21,25). The van der Waals surface area contributed by atoms with E-state index in [4.69, 9.17) is 0 Å². The average molecular weight is 418 g/mol. The molecular formula is C17H24F2N4O4S. The van der Waals surface area contributed by atoms with Gasteiger partial charge in [0.1, 0.15) is 16.5 Å². The van der Waals surface area contributed by atoms with Gasteiger partial charge in [0.05, 0.1) is 13.1 Å². The van der Waals surface area contributed by atoms with E-state index in [1.54, 1.807) is 4.90 Å². The molecule has 1 aromatic rings. The molecule has 1 aliphatic heterocycles. The maximum Gasteiger partial charge on any atom is 0.246 e. The molecule has 1 fully saturated rings. The predicted octanol–water partition coefficient (Wildman–Crippen LogP) is -0.0865. The summed E-state index contributed by atoms with van der Waals surface area (Å²) in [6.07, 6.45) is 0.800. The number of piperazine rings is 1. The van der Waals surface area contributed by atoms with Gasteiger partial charge in [0, 0.05) is 38.8 Å². The minimum atomic E-state index is -4.08. The molecule has 2 amide bonds. The minimum absolute atomic E-state index is 0.0276. The van der Waals surface area contributed by atoms with Crippen molar-refractivity contribution >= 4 is 21.8 Å². The first-order chi connectivity index (χ1) is 13.2. The van der Waals surface area contributed by atoms with Crippen molar-refractivity contribution in [3.8, 4) is 0 Å². The number of carbonyl (C=O) groups is 2. The Balaban J connectivity index is 1.83. The Hall–Kier alpha value is -2.11. The van der Waals surface area contributed by atoms with Crippen LogP contribution < -0.4 is 10.6 Å². The van der Waals surface area contributed by atoms with Crippen LogP contribution in [0.3, 0.4) is 0 Å². The summed E-state index contributed by atoms with van der Waals surface area (Å²) in [4.78, 5) is 24.6. The van der Waals surface area contributed by atoms with Crippen molar-refractivity contribution in [1.29, 1.82) is 0 Å². The highest BCUT2D eigenvalue weighted by Crippen LogP contribution is 2.21. The van der Waals surface area contributed by atoms with Crippen molar-refractivity contribution in [3.05, 3.63) is 29.8 Å². The Morgan fingerprint density at radius 2 is 1.75 bits per heavy atom. The van der Waals surface area contributed by atoms with Gasteiger partial charge < -0.3 is 10.6 Å². The van der Waals surface area contributed by atoms with E-state index in [1.165, 1.54) is 0 Å². The van der Waals surface area contributed by atoms with Gasteiger partial charge >= 0.3 is 0 Å². The summed E-state index contributed by atoms with van der Waals surface area (Å²) in [5.41, 5.74) is 0. The number of rotatable bonds is 8. The first-order valence-electron chi connectivity index (χ1n) is 8.95. The van der Waals surface area contributed by atoms with E-state index in [1.807, 2.05) is 6.92 Å². The molecule has 0 spiro atoms. The molecule has 1 saturated heterocycles. The number of halogens is 2. The van der Waals surface area contributed by atoms with E-state index in [0.29, 0.717) is 12.6 Å². The number of hydrogen-bond acceptors (Lipinski definition) is 5. The largest absolute Gasteiger partial charge is 0.355 e. The van der Waals surface area contributed by atoms with Crippen LogP contribution in [0.15, 0.2) is 23.1 Å². The first-order valence-corrected chi connectivity index (χ1v) is 10.4. The van der Waals surface area contributed by atoms with Crippen molar-refractivity contribution < 1.29 is 26.8 Å². The smallest absolute Gasteiger partial charge is 0.246 e. The second-order valence-electron chi connectivity index (χ2n) is 6.38. The van der Waals surface area contributed by atoms with Crippen LogP contribution in [-0.2, 0) is 19.6 Å². The number of benzene rings is 1. The molecule has 1 aliphatic rings. The van der Waals surface area contributed by atoms with E-state index >= 15 is 0 Å². The van der Waals surface area contributed by atoms with Crippen LogP contribution in [-0.4, -0.2) is 75.3 Å². The van der Waals surface area contributed by atoms with E-state index in [-0.39, 0.29) is 51.1 Å². The molecule has 0 atom stereocenters. The molecule has 0 aromatic heterocycles. The van der Waals surface area contributed by atoms with Gasteiger partial charge in [-0.25, -0.2) is 17.2 Å². The van der Waals surface area contributed by atoms with Crippen molar-refractivity contribution in [1.82, 2.24) is 19.8 Å². The molecule has 28 heavy (non-hydrogen) atoms. The number of amides is 2. The second-order valence-corrected chi connectivity index (χ2v) is 8.29. The zero-order valence-electron chi connectivity index (χ0n) is 15.6.